The first kappa shape index (κ1) is 28.1. The second kappa shape index (κ2) is 12.4. The van der Waals surface area contributed by atoms with Crippen molar-refractivity contribution in [2.45, 2.75) is 39.7 Å². The van der Waals surface area contributed by atoms with E-state index < -0.39 is 23.5 Å². The fourth-order valence-electron chi connectivity index (χ4n) is 4.73. The largest absolute Gasteiger partial charge is 0.503 e. The van der Waals surface area contributed by atoms with Crippen molar-refractivity contribution in [1.82, 2.24) is 4.98 Å². The average Bonchev–Trinajstić information content (AvgIpc) is 3.50. The van der Waals surface area contributed by atoms with Gasteiger partial charge in [-0.3, -0.25) is 14.5 Å². The number of benzene rings is 3. The number of carbonyl (C=O) groups excluding carboxylic acids is 2. The Morgan fingerprint density at radius 3 is 2.61 bits per heavy atom. The molecule has 1 aliphatic heterocycles. The van der Waals surface area contributed by atoms with Gasteiger partial charge in [0.2, 0.25) is 0 Å². The van der Waals surface area contributed by atoms with Crippen LogP contribution >= 0.6 is 11.3 Å². The summed E-state index contributed by atoms with van der Waals surface area (Å²) >= 11 is 1.34. The van der Waals surface area contributed by atoms with Crippen LogP contribution in [-0.4, -0.2) is 35.0 Å². The van der Waals surface area contributed by atoms with E-state index in [1.54, 1.807) is 24.3 Å². The van der Waals surface area contributed by atoms with Gasteiger partial charge < -0.3 is 14.6 Å². The summed E-state index contributed by atoms with van der Waals surface area (Å²) < 4.78 is 12.8. The van der Waals surface area contributed by atoms with Gasteiger partial charge in [0.25, 0.3) is 5.91 Å². The van der Waals surface area contributed by atoms with Crippen LogP contribution in [0.25, 0.3) is 16.3 Å². The van der Waals surface area contributed by atoms with Gasteiger partial charge >= 0.3 is 0 Å². The number of unbranched alkanes of at least 4 members (excludes halogenated alkanes) is 1. The predicted octanol–water partition coefficient (Wildman–Crippen LogP) is 7.36. The molecule has 4 aromatic rings. The van der Waals surface area contributed by atoms with Gasteiger partial charge in [-0.05, 0) is 67.3 Å². The number of aryl methyl sites for hydroxylation is 1. The number of hydrogen-bond donors (Lipinski definition) is 1. The van der Waals surface area contributed by atoms with Gasteiger partial charge in [-0.25, -0.2) is 4.98 Å². The van der Waals surface area contributed by atoms with E-state index in [0.29, 0.717) is 35.4 Å². The molecule has 41 heavy (non-hydrogen) atoms. The maximum atomic E-state index is 13.6. The molecular weight excluding hydrogens is 536 g/mol. The molecule has 1 amide bonds. The van der Waals surface area contributed by atoms with E-state index in [9.17, 15) is 14.7 Å². The minimum atomic E-state index is -0.916. The lowest BCUT2D eigenvalue weighted by Gasteiger charge is -2.25. The Balaban J connectivity index is 1.60. The molecule has 2 heterocycles. The summed E-state index contributed by atoms with van der Waals surface area (Å²) in [5.41, 5.74) is 3.22. The zero-order valence-corrected chi connectivity index (χ0v) is 24.1. The quantitative estimate of drug-likeness (QED) is 0.150. The third-order valence-electron chi connectivity index (χ3n) is 6.78. The third-order valence-corrected chi connectivity index (χ3v) is 7.80. The maximum absolute atomic E-state index is 13.6. The first-order valence-corrected chi connectivity index (χ1v) is 14.5. The van der Waals surface area contributed by atoms with Crippen molar-refractivity contribution < 1.29 is 24.2 Å². The van der Waals surface area contributed by atoms with Crippen LogP contribution in [0.2, 0.25) is 0 Å². The van der Waals surface area contributed by atoms with Crippen LogP contribution in [0.1, 0.15) is 49.4 Å². The number of hydrogen-bond acceptors (Lipinski definition) is 7. The second-order valence-corrected chi connectivity index (χ2v) is 10.8. The van der Waals surface area contributed by atoms with Crippen LogP contribution in [-0.2, 0) is 9.59 Å². The summed E-state index contributed by atoms with van der Waals surface area (Å²) in [6.45, 7) is 6.92. The first-order chi connectivity index (χ1) is 19.9. The van der Waals surface area contributed by atoms with Crippen molar-refractivity contribution in [2.24, 2.45) is 0 Å². The number of aliphatic hydroxyl groups excluding tert-OH is 1. The fraction of sp³-hybridized carbons (Fsp3) is 0.242. The van der Waals surface area contributed by atoms with E-state index in [4.69, 9.17) is 14.5 Å². The predicted molar refractivity (Wildman–Crippen MR) is 163 cm³/mol. The molecule has 1 atom stereocenters. The summed E-state index contributed by atoms with van der Waals surface area (Å²) in [5.74, 6) is -0.643. The number of rotatable bonds is 11. The van der Waals surface area contributed by atoms with Crippen molar-refractivity contribution in [3.05, 3.63) is 101 Å². The molecule has 7 nitrogen and oxygen atoms in total. The Kier molecular flexibility index (Phi) is 8.50. The summed E-state index contributed by atoms with van der Waals surface area (Å²) in [6, 6.07) is 19.7. The number of thiazole rings is 1. The Labute approximate surface area is 243 Å². The highest BCUT2D eigenvalue weighted by Crippen LogP contribution is 2.45. The van der Waals surface area contributed by atoms with Crippen molar-refractivity contribution >= 4 is 44.5 Å². The number of anilines is 1. The second-order valence-electron chi connectivity index (χ2n) is 9.76. The minimum Gasteiger partial charge on any atom is -0.503 e. The fourth-order valence-corrected chi connectivity index (χ4v) is 5.82. The molecule has 0 radical (unpaired) electrons. The molecular formula is C33H32N2O5S. The molecule has 0 saturated carbocycles. The van der Waals surface area contributed by atoms with Gasteiger partial charge in [0, 0.05) is 0 Å². The van der Waals surface area contributed by atoms with Crippen molar-refractivity contribution in [2.75, 3.05) is 18.1 Å². The van der Waals surface area contributed by atoms with E-state index in [-0.39, 0.29) is 5.57 Å². The smallest absolute Gasteiger partial charge is 0.296 e. The molecule has 1 N–H and O–H groups in total. The monoisotopic (exact) mass is 568 g/mol. The standard InChI is InChI=1S/C33H32N2O5S/c1-4-6-18-40-26-17-14-23(20-27(26)39-5-2)30-29(25(36)16-13-22-10-8-7-9-11-22)31(37)32(38)35(30)33-34-24-15-12-21(3)19-28(24)41-33/h7-17,19-20,30,37H,4-6,18H2,1-3H3. The van der Waals surface area contributed by atoms with Crippen LogP contribution in [0.3, 0.4) is 0 Å². The molecule has 1 aromatic heterocycles. The minimum absolute atomic E-state index is 0.0142. The topological polar surface area (TPSA) is 89.0 Å². The van der Waals surface area contributed by atoms with Crippen LogP contribution in [0.4, 0.5) is 5.13 Å². The average molecular weight is 569 g/mol. The lowest BCUT2D eigenvalue weighted by atomic mass is 9.95. The Hall–Kier alpha value is -4.43. The SMILES string of the molecule is CCCCOc1ccc(C2C(C(=O)C=Cc3ccccc3)=C(O)C(=O)N2c2nc3ccc(C)cc3s2)cc1OCC. The molecule has 0 fully saturated rings. The maximum Gasteiger partial charge on any atom is 0.296 e. The summed E-state index contributed by atoms with van der Waals surface area (Å²) in [7, 11) is 0. The highest BCUT2D eigenvalue weighted by atomic mass is 32.1. The summed E-state index contributed by atoms with van der Waals surface area (Å²) in [5, 5.41) is 11.5. The molecule has 3 aromatic carbocycles. The molecule has 0 spiro atoms. The van der Waals surface area contributed by atoms with Gasteiger partial charge in [0.15, 0.2) is 28.2 Å². The number of allylic oxidation sites excluding steroid dienone is 1. The molecule has 210 valence electrons. The number of ketones is 1. The van der Waals surface area contributed by atoms with Gasteiger partial charge in [-0.1, -0.05) is 73.2 Å². The number of nitrogens with zero attached hydrogens (tertiary/aromatic N) is 2. The normalized spacial score (nSPS) is 15.3. The van der Waals surface area contributed by atoms with Gasteiger partial charge in [-0.2, -0.15) is 0 Å². The van der Waals surface area contributed by atoms with E-state index in [1.165, 1.54) is 22.3 Å². The molecule has 0 aliphatic carbocycles. The van der Waals surface area contributed by atoms with Gasteiger partial charge in [0.05, 0.1) is 35.0 Å². The van der Waals surface area contributed by atoms with E-state index in [1.807, 2.05) is 62.4 Å². The lowest BCUT2D eigenvalue weighted by Crippen LogP contribution is -2.30. The van der Waals surface area contributed by atoms with E-state index in [2.05, 4.69) is 6.92 Å². The zero-order valence-electron chi connectivity index (χ0n) is 23.3. The summed E-state index contributed by atoms with van der Waals surface area (Å²) in [6.07, 6.45) is 4.95. The van der Waals surface area contributed by atoms with E-state index in [0.717, 1.165) is 34.2 Å². The van der Waals surface area contributed by atoms with Gasteiger partial charge in [-0.15, -0.1) is 0 Å². The number of carbonyl (C=O) groups is 2. The van der Waals surface area contributed by atoms with Crippen molar-refractivity contribution in [3.63, 3.8) is 0 Å². The number of fused-ring (bicyclic) bond motifs is 1. The molecule has 0 bridgehead atoms. The molecule has 1 unspecified atom stereocenters. The number of aromatic nitrogens is 1. The zero-order chi connectivity index (χ0) is 28.9. The molecule has 1 aliphatic rings. The third kappa shape index (κ3) is 5.88. The van der Waals surface area contributed by atoms with E-state index >= 15 is 0 Å². The Bertz CT molecular complexity index is 1640. The van der Waals surface area contributed by atoms with Crippen molar-refractivity contribution in [1.29, 1.82) is 0 Å². The van der Waals surface area contributed by atoms with Crippen LogP contribution in [0.5, 0.6) is 11.5 Å². The highest BCUT2D eigenvalue weighted by Gasteiger charge is 2.45. The van der Waals surface area contributed by atoms with Crippen molar-refractivity contribution in [3.8, 4) is 11.5 Å². The van der Waals surface area contributed by atoms with Gasteiger partial charge in [0.1, 0.15) is 0 Å². The highest BCUT2D eigenvalue weighted by molar-refractivity contribution is 7.22. The molecule has 8 heteroatoms. The lowest BCUT2D eigenvalue weighted by molar-refractivity contribution is -0.117. The first-order valence-electron chi connectivity index (χ1n) is 13.7. The Morgan fingerprint density at radius 2 is 1.85 bits per heavy atom. The number of amides is 1. The Morgan fingerprint density at radius 1 is 1.05 bits per heavy atom. The number of aliphatic hydroxyl groups is 1. The van der Waals surface area contributed by atoms with Crippen LogP contribution < -0.4 is 14.4 Å². The molecule has 0 saturated heterocycles. The molecule has 5 rings (SSSR count). The summed E-state index contributed by atoms with van der Waals surface area (Å²) in [4.78, 5) is 33.4. The van der Waals surface area contributed by atoms with Crippen LogP contribution in [0.15, 0.2) is 84.1 Å². The van der Waals surface area contributed by atoms with Crippen LogP contribution in [0, 0.1) is 6.92 Å². The number of ether oxygens (including phenoxy) is 2.